The first-order chi connectivity index (χ1) is 19.7. The van der Waals surface area contributed by atoms with Crippen LogP contribution in [0, 0.1) is 35.5 Å². The summed E-state index contributed by atoms with van der Waals surface area (Å²) in [4.78, 5) is 46.7. The van der Waals surface area contributed by atoms with Crippen molar-refractivity contribution in [3.63, 3.8) is 0 Å². The number of rotatable bonds is 14. The fourth-order valence-electron chi connectivity index (χ4n) is 7.33. The maximum atomic E-state index is 14.0. The molecule has 2 fully saturated rings. The molecule has 2 saturated carbocycles. The average molecular weight is 597 g/mol. The Balaban J connectivity index is 2.51. The van der Waals surface area contributed by atoms with Gasteiger partial charge in [-0.25, -0.2) is 9.98 Å². The summed E-state index contributed by atoms with van der Waals surface area (Å²) in [5.74, 6) is -5.92. The number of carboxylic acids is 1. The number of nitrogens with one attached hydrogen (secondary N) is 2. The van der Waals surface area contributed by atoms with Gasteiger partial charge in [-0.1, -0.05) is 53.4 Å². The Morgan fingerprint density at radius 2 is 1.12 bits per heavy atom. The lowest BCUT2D eigenvalue weighted by molar-refractivity contribution is -0.145. The van der Waals surface area contributed by atoms with Crippen molar-refractivity contribution < 1.29 is 29.7 Å². The fourth-order valence-corrected chi connectivity index (χ4v) is 7.33. The second-order valence-electron chi connectivity index (χ2n) is 11.8. The van der Waals surface area contributed by atoms with Gasteiger partial charge in [0.15, 0.2) is 11.9 Å². The van der Waals surface area contributed by atoms with Gasteiger partial charge in [-0.05, 0) is 24.7 Å². The minimum absolute atomic E-state index is 0.00583. The molecule has 2 amide bonds. The van der Waals surface area contributed by atoms with Crippen LogP contribution in [0.15, 0.2) is 9.98 Å². The molecule has 2 aliphatic carbocycles. The zero-order valence-corrected chi connectivity index (χ0v) is 25.4. The van der Waals surface area contributed by atoms with E-state index in [1.54, 1.807) is 0 Å². The molecule has 0 aromatic carbocycles. The molecule has 13 N–H and O–H groups in total. The van der Waals surface area contributed by atoms with Crippen LogP contribution in [0.4, 0.5) is 0 Å². The molecule has 0 aliphatic heterocycles. The summed E-state index contributed by atoms with van der Waals surface area (Å²) in [5, 5.41) is 38.6. The number of aliphatic hydroxyl groups excluding tert-OH is 2. The SMILES string of the molecule is CCC(CC)[C@H](NC(C)=O)[C@@H]1[C@H](O)[C@@H](C(=O)N[C@@H](C(CC)CC)[C@@H]2[C@H](O)[C@@H](C(=O)O)C[C@H]2N=C(N)N)C[C@@H]1N=C(N)N. The number of nitrogens with zero attached hydrogens (tertiary/aromatic N) is 2. The van der Waals surface area contributed by atoms with Crippen LogP contribution in [0.3, 0.4) is 0 Å². The highest BCUT2D eigenvalue weighted by molar-refractivity contribution is 5.81. The highest BCUT2D eigenvalue weighted by Gasteiger charge is 2.54. The van der Waals surface area contributed by atoms with Gasteiger partial charge < -0.3 is 48.9 Å². The van der Waals surface area contributed by atoms with Crippen molar-refractivity contribution in [2.24, 2.45) is 68.4 Å². The minimum Gasteiger partial charge on any atom is -0.481 e. The van der Waals surface area contributed by atoms with E-state index in [-0.39, 0.29) is 42.5 Å². The number of carbonyl (C=O) groups is 3. The number of aliphatic imine (C=N–C) groups is 2. The van der Waals surface area contributed by atoms with Crippen molar-refractivity contribution in [1.82, 2.24) is 10.6 Å². The average Bonchev–Trinajstić information content (AvgIpc) is 3.38. The number of guanidine groups is 2. The van der Waals surface area contributed by atoms with Gasteiger partial charge in [0.2, 0.25) is 11.8 Å². The van der Waals surface area contributed by atoms with E-state index in [2.05, 4.69) is 20.6 Å². The molecular formula is C28H52N8O6. The lowest BCUT2D eigenvalue weighted by Crippen LogP contribution is -2.54. The first-order valence-electron chi connectivity index (χ1n) is 15.1. The molecule has 0 unspecified atom stereocenters. The Labute approximate surface area is 248 Å². The van der Waals surface area contributed by atoms with Crippen molar-refractivity contribution in [2.75, 3.05) is 0 Å². The molecule has 0 heterocycles. The first kappa shape index (κ1) is 35.1. The number of aliphatic hydroxyl groups is 2. The maximum Gasteiger partial charge on any atom is 0.309 e. The maximum absolute atomic E-state index is 14.0. The fraction of sp³-hybridized carbons (Fsp3) is 0.821. The molecule has 0 radical (unpaired) electrons. The van der Waals surface area contributed by atoms with E-state index in [1.165, 1.54) is 6.92 Å². The van der Waals surface area contributed by atoms with E-state index in [1.807, 2.05) is 27.7 Å². The number of carboxylic acid groups (broad SMARTS) is 1. The van der Waals surface area contributed by atoms with Crippen molar-refractivity contribution >= 4 is 29.7 Å². The topological polar surface area (TPSA) is 265 Å². The quantitative estimate of drug-likeness (QED) is 0.0890. The second kappa shape index (κ2) is 15.4. The Hall–Kier alpha value is -3.13. The number of nitrogens with two attached hydrogens (primary N) is 4. The Bertz CT molecular complexity index is 993. The van der Waals surface area contributed by atoms with E-state index in [0.717, 1.165) is 12.8 Å². The molecule has 0 spiro atoms. The van der Waals surface area contributed by atoms with E-state index in [4.69, 9.17) is 22.9 Å². The number of hydrogen-bond acceptors (Lipinski definition) is 7. The van der Waals surface area contributed by atoms with Gasteiger partial charge in [-0.3, -0.25) is 14.4 Å². The molecule has 0 bridgehead atoms. The zero-order chi connectivity index (χ0) is 31.9. The van der Waals surface area contributed by atoms with Crippen LogP contribution in [0.1, 0.15) is 73.1 Å². The summed E-state index contributed by atoms with van der Waals surface area (Å²) >= 11 is 0. The van der Waals surface area contributed by atoms with Gasteiger partial charge in [-0.15, -0.1) is 0 Å². The van der Waals surface area contributed by atoms with Crippen LogP contribution in [-0.2, 0) is 14.4 Å². The molecular weight excluding hydrogens is 544 g/mol. The molecule has 0 aromatic rings. The highest BCUT2D eigenvalue weighted by atomic mass is 16.4. The van der Waals surface area contributed by atoms with E-state index < -0.39 is 71.9 Å². The van der Waals surface area contributed by atoms with Crippen LogP contribution in [0.5, 0.6) is 0 Å². The summed E-state index contributed by atoms with van der Waals surface area (Å²) in [5.41, 5.74) is 22.8. The summed E-state index contributed by atoms with van der Waals surface area (Å²) in [6.45, 7) is 9.29. The summed E-state index contributed by atoms with van der Waals surface area (Å²) in [6.07, 6.45) is 0.352. The largest absolute Gasteiger partial charge is 0.481 e. The number of aliphatic carboxylic acids is 1. The number of hydrogen-bond donors (Lipinski definition) is 9. The predicted octanol–water partition coefficient (Wildman–Crippen LogP) is -0.789. The summed E-state index contributed by atoms with van der Waals surface area (Å²) < 4.78 is 0. The van der Waals surface area contributed by atoms with E-state index in [9.17, 15) is 29.7 Å². The lowest BCUT2D eigenvalue weighted by Gasteiger charge is -2.37. The van der Waals surface area contributed by atoms with Crippen molar-refractivity contribution in [3.8, 4) is 0 Å². The zero-order valence-electron chi connectivity index (χ0n) is 25.4. The summed E-state index contributed by atoms with van der Waals surface area (Å²) in [7, 11) is 0. The van der Waals surface area contributed by atoms with Gasteiger partial charge in [0.25, 0.3) is 0 Å². The van der Waals surface area contributed by atoms with Crippen LogP contribution < -0.4 is 33.6 Å². The monoisotopic (exact) mass is 596 g/mol. The van der Waals surface area contributed by atoms with E-state index >= 15 is 0 Å². The van der Waals surface area contributed by atoms with Crippen LogP contribution in [0.25, 0.3) is 0 Å². The predicted molar refractivity (Wildman–Crippen MR) is 160 cm³/mol. The Morgan fingerprint density at radius 1 is 0.738 bits per heavy atom. The summed E-state index contributed by atoms with van der Waals surface area (Å²) in [6, 6.07) is -2.52. The Morgan fingerprint density at radius 3 is 1.48 bits per heavy atom. The van der Waals surface area contributed by atoms with Crippen LogP contribution in [-0.4, -0.2) is 81.4 Å². The van der Waals surface area contributed by atoms with Crippen molar-refractivity contribution in [2.45, 2.75) is 110 Å². The van der Waals surface area contributed by atoms with Gasteiger partial charge in [0.05, 0.1) is 36.1 Å². The lowest BCUT2D eigenvalue weighted by atomic mass is 9.79. The smallest absolute Gasteiger partial charge is 0.309 e. The Kier molecular flexibility index (Phi) is 12.8. The second-order valence-corrected chi connectivity index (χ2v) is 11.8. The van der Waals surface area contributed by atoms with Crippen LogP contribution >= 0.6 is 0 Å². The molecule has 2 aliphatic rings. The van der Waals surface area contributed by atoms with Gasteiger partial charge in [0.1, 0.15) is 0 Å². The van der Waals surface area contributed by atoms with Crippen LogP contribution in [0.2, 0.25) is 0 Å². The van der Waals surface area contributed by atoms with Gasteiger partial charge in [-0.2, -0.15) is 0 Å². The van der Waals surface area contributed by atoms with Gasteiger partial charge in [0, 0.05) is 30.8 Å². The first-order valence-corrected chi connectivity index (χ1v) is 15.1. The third-order valence-electron chi connectivity index (χ3n) is 9.40. The molecule has 240 valence electrons. The third kappa shape index (κ3) is 8.03. The minimum atomic E-state index is -1.31. The number of amides is 2. The molecule has 0 aromatic heterocycles. The van der Waals surface area contributed by atoms with E-state index in [0.29, 0.717) is 12.8 Å². The third-order valence-corrected chi connectivity index (χ3v) is 9.40. The van der Waals surface area contributed by atoms with Crippen molar-refractivity contribution in [3.05, 3.63) is 0 Å². The molecule has 14 nitrogen and oxygen atoms in total. The molecule has 2 rings (SSSR count). The van der Waals surface area contributed by atoms with Gasteiger partial charge >= 0.3 is 5.97 Å². The standard InChI is InChI=1S/C28H52N8O6/c1-6-13(7-2)21(33-12(5)37)19-17(34-27(29)30)10-15(23(19)38)25(40)36-22(14(8-3)9-4)20-18(35-28(31)32)11-16(24(20)39)26(41)42/h13-24,38-39H,6-11H2,1-5H3,(H,33,37)(H,36,40)(H,41,42)(H4,29,30,34)(H4,31,32,35)/t15-,16-,17-,18+,19+,20+,21-,22-,23+,24+/m0/s1. The molecule has 0 saturated heterocycles. The number of carbonyl (C=O) groups excluding carboxylic acids is 2. The molecule has 42 heavy (non-hydrogen) atoms. The normalized spacial score (nSPS) is 30.5. The molecule has 14 heteroatoms. The van der Waals surface area contributed by atoms with Crippen molar-refractivity contribution in [1.29, 1.82) is 0 Å². The highest BCUT2D eigenvalue weighted by Crippen LogP contribution is 2.42. The molecule has 10 atom stereocenters.